The molecule has 0 radical (unpaired) electrons. The van der Waals surface area contributed by atoms with Crippen LogP contribution in [0.2, 0.25) is 0 Å². The minimum absolute atomic E-state index is 0.0660. The molecule has 1 aliphatic heterocycles. The lowest BCUT2D eigenvalue weighted by atomic mass is 9.81. The second-order valence-corrected chi connectivity index (χ2v) is 7.77. The van der Waals surface area contributed by atoms with Gasteiger partial charge in [0.2, 0.25) is 11.8 Å². The number of carbonyl (C=O) groups excluding carboxylic acids is 3. The highest BCUT2D eigenvalue weighted by Gasteiger charge is 2.61. The van der Waals surface area contributed by atoms with E-state index in [1.165, 1.54) is 4.90 Å². The molecule has 27 heavy (non-hydrogen) atoms. The molecule has 0 unspecified atom stereocenters. The molecular formula is C22H20N2O3. The van der Waals surface area contributed by atoms with Crippen molar-refractivity contribution in [3.8, 4) is 0 Å². The van der Waals surface area contributed by atoms with Crippen LogP contribution in [0.3, 0.4) is 0 Å². The molecule has 3 fully saturated rings. The third-order valence-electron chi connectivity index (χ3n) is 6.33. The number of nitrogens with zero attached hydrogens (tertiary/aromatic N) is 1. The second-order valence-electron chi connectivity index (χ2n) is 7.77. The van der Waals surface area contributed by atoms with Gasteiger partial charge in [0.1, 0.15) is 0 Å². The summed E-state index contributed by atoms with van der Waals surface area (Å²) in [5, 5.41) is 2.84. The van der Waals surface area contributed by atoms with E-state index in [4.69, 9.17) is 0 Å². The molecule has 0 aromatic heterocycles. The van der Waals surface area contributed by atoms with E-state index in [0.717, 1.165) is 19.3 Å². The van der Waals surface area contributed by atoms with Crippen molar-refractivity contribution in [2.45, 2.75) is 19.3 Å². The van der Waals surface area contributed by atoms with Gasteiger partial charge in [-0.05, 0) is 61.4 Å². The molecule has 0 spiro atoms. The van der Waals surface area contributed by atoms with E-state index in [0.29, 0.717) is 28.8 Å². The number of rotatable bonds is 3. The predicted molar refractivity (Wildman–Crippen MR) is 101 cm³/mol. The maximum atomic E-state index is 13.0. The van der Waals surface area contributed by atoms with Crippen molar-refractivity contribution < 1.29 is 14.4 Å². The Balaban J connectivity index is 1.40. The zero-order valence-corrected chi connectivity index (χ0v) is 14.8. The summed E-state index contributed by atoms with van der Waals surface area (Å²) in [7, 11) is 0. The van der Waals surface area contributed by atoms with Crippen molar-refractivity contribution in [1.29, 1.82) is 0 Å². The highest BCUT2D eigenvalue weighted by molar-refractivity contribution is 6.22. The Labute approximate surface area is 157 Å². The Morgan fingerprint density at radius 2 is 1.56 bits per heavy atom. The average molecular weight is 360 g/mol. The standard InChI is InChI=1S/C22H20N2O3/c25-20(13-5-2-1-3-6-13)23-16-7-4-8-17(12-16)24-21(26)18-14-9-10-15(11-14)19(18)22(24)27/h1-8,12,14-15,18-19H,9-11H2,(H,23,25)/t14-,15-,18-,19+/m0/s1. The SMILES string of the molecule is O=C(Nc1cccc(N2C(=O)[C@@H]3[C@H]4CC[C@@H](C4)[C@@H]3C2=O)c1)c1ccccc1. The van der Waals surface area contributed by atoms with Gasteiger partial charge in [0, 0.05) is 11.3 Å². The minimum Gasteiger partial charge on any atom is -0.322 e. The maximum absolute atomic E-state index is 13.0. The van der Waals surface area contributed by atoms with E-state index in [-0.39, 0.29) is 29.6 Å². The molecule has 1 N–H and O–H groups in total. The number of anilines is 2. The van der Waals surface area contributed by atoms with Gasteiger partial charge in [-0.3, -0.25) is 14.4 Å². The third kappa shape index (κ3) is 2.49. The van der Waals surface area contributed by atoms with Crippen LogP contribution in [0.1, 0.15) is 29.6 Å². The molecule has 4 atom stereocenters. The number of hydrogen-bond donors (Lipinski definition) is 1. The fraction of sp³-hybridized carbons (Fsp3) is 0.318. The van der Waals surface area contributed by atoms with Gasteiger partial charge in [-0.1, -0.05) is 24.3 Å². The second kappa shape index (κ2) is 6.05. The normalized spacial score (nSPS) is 28.5. The van der Waals surface area contributed by atoms with Crippen LogP contribution in [0.4, 0.5) is 11.4 Å². The van der Waals surface area contributed by atoms with Crippen LogP contribution in [-0.2, 0) is 9.59 Å². The van der Waals surface area contributed by atoms with Gasteiger partial charge in [-0.25, -0.2) is 4.90 Å². The summed E-state index contributed by atoms with van der Waals surface area (Å²) in [4.78, 5) is 39.6. The molecule has 5 nitrogen and oxygen atoms in total. The first-order valence-corrected chi connectivity index (χ1v) is 9.48. The Hall–Kier alpha value is -2.95. The van der Waals surface area contributed by atoms with Crippen LogP contribution >= 0.6 is 0 Å². The Morgan fingerprint density at radius 1 is 0.889 bits per heavy atom. The highest BCUT2D eigenvalue weighted by atomic mass is 16.2. The van der Waals surface area contributed by atoms with Crippen LogP contribution in [0.25, 0.3) is 0 Å². The molecule has 136 valence electrons. The highest BCUT2D eigenvalue weighted by Crippen LogP contribution is 2.56. The molecule has 2 bridgehead atoms. The summed E-state index contributed by atoms with van der Waals surface area (Å²) in [6, 6.07) is 15.9. The maximum Gasteiger partial charge on any atom is 0.255 e. The fourth-order valence-corrected chi connectivity index (χ4v) is 5.18. The van der Waals surface area contributed by atoms with E-state index in [1.54, 1.807) is 48.5 Å². The van der Waals surface area contributed by atoms with Crippen LogP contribution in [0, 0.1) is 23.7 Å². The van der Waals surface area contributed by atoms with Crippen LogP contribution < -0.4 is 10.2 Å². The van der Waals surface area contributed by atoms with Crippen molar-refractivity contribution in [2.24, 2.45) is 23.7 Å². The van der Waals surface area contributed by atoms with Crippen molar-refractivity contribution in [2.75, 3.05) is 10.2 Å². The number of imide groups is 1. The molecule has 2 saturated carbocycles. The first kappa shape index (κ1) is 16.2. The molecule has 1 saturated heterocycles. The smallest absolute Gasteiger partial charge is 0.255 e. The number of nitrogens with one attached hydrogen (secondary N) is 1. The van der Waals surface area contributed by atoms with E-state index < -0.39 is 0 Å². The first-order chi connectivity index (χ1) is 13.1. The van der Waals surface area contributed by atoms with Crippen molar-refractivity contribution in [3.05, 3.63) is 60.2 Å². The van der Waals surface area contributed by atoms with Crippen LogP contribution in [-0.4, -0.2) is 17.7 Å². The summed E-state index contributed by atoms with van der Waals surface area (Å²) in [5.74, 6) is 0.0941. The molecule has 3 aliphatic rings. The lowest BCUT2D eigenvalue weighted by Crippen LogP contribution is -2.32. The Bertz CT molecular complexity index is 912. The molecule has 2 aromatic rings. The monoisotopic (exact) mass is 360 g/mol. The molecule has 2 aromatic carbocycles. The number of fused-ring (bicyclic) bond motifs is 5. The van der Waals surface area contributed by atoms with E-state index in [9.17, 15) is 14.4 Å². The molecule has 1 heterocycles. The van der Waals surface area contributed by atoms with Gasteiger partial charge < -0.3 is 5.32 Å². The molecular weight excluding hydrogens is 340 g/mol. The lowest BCUT2D eigenvalue weighted by Gasteiger charge is -2.19. The Kier molecular flexibility index (Phi) is 3.64. The zero-order valence-electron chi connectivity index (χ0n) is 14.8. The summed E-state index contributed by atoms with van der Waals surface area (Å²) in [6.07, 6.45) is 3.14. The largest absolute Gasteiger partial charge is 0.322 e. The van der Waals surface area contributed by atoms with Crippen molar-refractivity contribution in [3.63, 3.8) is 0 Å². The van der Waals surface area contributed by atoms with E-state index in [1.807, 2.05) is 6.07 Å². The number of hydrogen-bond acceptors (Lipinski definition) is 3. The van der Waals surface area contributed by atoms with Crippen LogP contribution in [0.15, 0.2) is 54.6 Å². The van der Waals surface area contributed by atoms with E-state index in [2.05, 4.69) is 5.32 Å². The summed E-state index contributed by atoms with van der Waals surface area (Å²) in [6.45, 7) is 0. The van der Waals surface area contributed by atoms with Crippen LogP contribution in [0.5, 0.6) is 0 Å². The van der Waals surface area contributed by atoms with Gasteiger partial charge in [-0.15, -0.1) is 0 Å². The first-order valence-electron chi connectivity index (χ1n) is 9.48. The summed E-state index contributed by atoms with van der Waals surface area (Å²) >= 11 is 0. The fourth-order valence-electron chi connectivity index (χ4n) is 5.18. The van der Waals surface area contributed by atoms with Crippen molar-refractivity contribution >= 4 is 29.1 Å². The summed E-state index contributed by atoms with van der Waals surface area (Å²) in [5.41, 5.74) is 1.67. The minimum atomic E-state index is -0.221. The van der Waals surface area contributed by atoms with Gasteiger partial charge in [0.05, 0.1) is 17.5 Å². The average Bonchev–Trinajstić information content (AvgIpc) is 3.36. The van der Waals surface area contributed by atoms with Gasteiger partial charge >= 0.3 is 0 Å². The van der Waals surface area contributed by atoms with Gasteiger partial charge in [-0.2, -0.15) is 0 Å². The number of carbonyl (C=O) groups is 3. The molecule has 2 aliphatic carbocycles. The third-order valence-corrected chi connectivity index (χ3v) is 6.33. The molecule has 3 amide bonds. The van der Waals surface area contributed by atoms with Crippen molar-refractivity contribution in [1.82, 2.24) is 0 Å². The molecule has 5 heteroatoms. The van der Waals surface area contributed by atoms with Gasteiger partial charge in [0.25, 0.3) is 5.91 Å². The topological polar surface area (TPSA) is 66.5 Å². The van der Waals surface area contributed by atoms with E-state index >= 15 is 0 Å². The quantitative estimate of drug-likeness (QED) is 0.852. The lowest BCUT2D eigenvalue weighted by molar-refractivity contribution is -0.123. The Morgan fingerprint density at radius 3 is 2.22 bits per heavy atom. The zero-order chi connectivity index (χ0) is 18.5. The predicted octanol–water partition coefficient (Wildman–Crippen LogP) is 3.47. The number of benzene rings is 2. The van der Waals surface area contributed by atoms with Gasteiger partial charge in [0.15, 0.2) is 0 Å². The molecule has 5 rings (SSSR count). The number of amides is 3. The summed E-state index contributed by atoms with van der Waals surface area (Å²) < 4.78 is 0.